The van der Waals surface area contributed by atoms with Crippen LogP contribution in [-0.2, 0) is 9.59 Å². The summed E-state index contributed by atoms with van der Waals surface area (Å²) in [4.78, 5) is 37.1. The maximum absolute atomic E-state index is 12.7. The molecule has 9 nitrogen and oxygen atoms in total. The number of amides is 2. The molecule has 0 spiro atoms. The van der Waals surface area contributed by atoms with E-state index in [1.54, 1.807) is 25.1 Å². The molecule has 0 aromatic heterocycles. The zero-order chi connectivity index (χ0) is 21.1. The second kappa shape index (κ2) is 8.17. The quantitative estimate of drug-likeness (QED) is 0.591. The predicted molar refractivity (Wildman–Crippen MR) is 106 cm³/mol. The Hall–Kier alpha value is -3.62. The molecule has 2 aromatic carbocycles. The highest BCUT2D eigenvalue weighted by Crippen LogP contribution is 2.36. The molecule has 1 N–H and O–H groups in total. The molecule has 1 aliphatic rings. The minimum Gasteiger partial charge on any atom is -0.497 e. The molecule has 1 aliphatic heterocycles. The first-order valence-corrected chi connectivity index (χ1v) is 8.92. The van der Waals surface area contributed by atoms with Crippen LogP contribution >= 0.6 is 0 Å². The van der Waals surface area contributed by atoms with Gasteiger partial charge in [0.15, 0.2) is 0 Å². The smallest absolute Gasteiger partial charge is 0.269 e. The van der Waals surface area contributed by atoms with E-state index in [4.69, 9.17) is 9.47 Å². The van der Waals surface area contributed by atoms with Crippen molar-refractivity contribution in [2.45, 2.75) is 13.3 Å². The molecule has 9 heteroatoms. The van der Waals surface area contributed by atoms with Crippen LogP contribution in [-0.4, -0.2) is 37.5 Å². The van der Waals surface area contributed by atoms with E-state index in [0.29, 0.717) is 28.4 Å². The standard InChI is InChI=1S/C20H21N3O6/c1-12-8-14(23(26)27)4-6-16(12)21-20(25)13-9-19(24)22(11-13)17-7-5-15(28-2)10-18(17)29-3/h4-8,10,13H,9,11H2,1-3H3,(H,21,25)/t13-/m0/s1. The van der Waals surface area contributed by atoms with Crippen LogP contribution in [0.5, 0.6) is 11.5 Å². The van der Waals surface area contributed by atoms with E-state index in [0.717, 1.165) is 0 Å². The molecular weight excluding hydrogens is 378 g/mol. The number of non-ortho nitro benzene ring substituents is 1. The zero-order valence-electron chi connectivity index (χ0n) is 16.3. The Morgan fingerprint density at radius 3 is 2.59 bits per heavy atom. The van der Waals surface area contributed by atoms with Gasteiger partial charge in [0.2, 0.25) is 11.8 Å². The van der Waals surface area contributed by atoms with Crippen molar-refractivity contribution in [3.05, 3.63) is 52.1 Å². The monoisotopic (exact) mass is 399 g/mol. The number of carbonyl (C=O) groups excluding carboxylic acids is 2. The number of nitrogens with zero attached hydrogens (tertiary/aromatic N) is 2. The first-order chi connectivity index (χ1) is 13.8. The van der Waals surface area contributed by atoms with E-state index in [2.05, 4.69) is 5.32 Å². The third kappa shape index (κ3) is 4.13. The van der Waals surface area contributed by atoms with Crippen molar-refractivity contribution >= 4 is 28.9 Å². The number of nitrogens with one attached hydrogen (secondary N) is 1. The number of rotatable bonds is 6. The van der Waals surface area contributed by atoms with Crippen LogP contribution in [0.1, 0.15) is 12.0 Å². The number of aryl methyl sites for hydroxylation is 1. The molecule has 1 saturated heterocycles. The number of ether oxygens (including phenoxy) is 2. The van der Waals surface area contributed by atoms with Gasteiger partial charge in [-0.3, -0.25) is 19.7 Å². The van der Waals surface area contributed by atoms with Crippen LogP contribution in [0.15, 0.2) is 36.4 Å². The zero-order valence-corrected chi connectivity index (χ0v) is 16.3. The third-order valence-corrected chi connectivity index (χ3v) is 4.85. The van der Waals surface area contributed by atoms with Crippen LogP contribution in [0.4, 0.5) is 17.1 Å². The molecule has 2 aromatic rings. The van der Waals surface area contributed by atoms with Gasteiger partial charge in [-0.2, -0.15) is 0 Å². The average Bonchev–Trinajstić information content (AvgIpc) is 3.10. The molecular formula is C20H21N3O6. The van der Waals surface area contributed by atoms with Crippen molar-refractivity contribution in [3.63, 3.8) is 0 Å². The molecule has 1 fully saturated rings. The van der Waals surface area contributed by atoms with Crippen molar-refractivity contribution < 1.29 is 24.0 Å². The normalized spacial score (nSPS) is 15.9. The summed E-state index contributed by atoms with van der Waals surface area (Å²) in [5.41, 5.74) is 1.58. The van der Waals surface area contributed by atoms with Gasteiger partial charge in [0, 0.05) is 36.9 Å². The number of hydrogen-bond acceptors (Lipinski definition) is 6. The molecule has 2 amide bonds. The van der Waals surface area contributed by atoms with Crippen LogP contribution in [0.25, 0.3) is 0 Å². The molecule has 1 atom stereocenters. The summed E-state index contributed by atoms with van der Waals surface area (Å²) in [6.07, 6.45) is 0.0625. The molecule has 0 radical (unpaired) electrons. The number of methoxy groups -OCH3 is 2. The van der Waals surface area contributed by atoms with Crippen molar-refractivity contribution in [3.8, 4) is 11.5 Å². The second-order valence-corrected chi connectivity index (χ2v) is 6.69. The molecule has 29 heavy (non-hydrogen) atoms. The second-order valence-electron chi connectivity index (χ2n) is 6.69. The van der Waals surface area contributed by atoms with Crippen molar-refractivity contribution in [2.24, 2.45) is 5.92 Å². The number of nitro benzene ring substituents is 1. The van der Waals surface area contributed by atoms with Crippen molar-refractivity contribution in [1.29, 1.82) is 0 Å². The van der Waals surface area contributed by atoms with Gasteiger partial charge < -0.3 is 19.7 Å². The minimum atomic E-state index is -0.552. The molecule has 0 unspecified atom stereocenters. The maximum atomic E-state index is 12.7. The summed E-state index contributed by atoms with van der Waals surface area (Å²) in [6.45, 7) is 1.89. The van der Waals surface area contributed by atoms with E-state index in [1.807, 2.05) is 0 Å². The summed E-state index contributed by atoms with van der Waals surface area (Å²) < 4.78 is 10.5. The molecule has 3 rings (SSSR count). The van der Waals surface area contributed by atoms with E-state index >= 15 is 0 Å². The predicted octanol–water partition coefficient (Wildman–Crippen LogP) is 2.91. The van der Waals surface area contributed by atoms with Gasteiger partial charge in [0.05, 0.1) is 30.7 Å². The summed E-state index contributed by atoms with van der Waals surface area (Å²) in [7, 11) is 3.04. The molecule has 152 valence electrons. The van der Waals surface area contributed by atoms with E-state index in [1.165, 1.54) is 37.3 Å². The highest BCUT2D eigenvalue weighted by atomic mass is 16.6. The number of nitro groups is 1. The highest BCUT2D eigenvalue weighted by Gasteiger charge is 2.36. The first kappa shape index (κ1) is 20.1. The fourth-order valence-corrected chi connectivity index (χ4v) is 3.26. The lowest BCUT2D eigenvalue weighted by molar-refractivity contribution is -0.384. The van der Waals surface area contributed by atoms with Crippen molar-refractivity contribution in [1.82, 2.24) is 0 Å². The third-order valence-electron chi connectivity index (χ3n) is 4.85. The van der Waals surface area contributed by atoms with Gasteiger partial charge in [-0.1, -0.05) is 0 Å². The molecule has 0 saturated carbocycles. The Kier molecular flexibility index (Phi) is 5.67. The topological polar surface area (TPSA) is 111 Å². The Labute approximate surface area is 167 Å². The number of hydrogen-bond donors (Lipinski definition) is 1. The van der Waals surface area contributed by atoms with E-state index in [-0.39, 0.29) is 30.5 Å². The van der Waals surface area contributed by atoms with Crippen molar-refractivity contribution in [2.75, 3.05) is 31.0 Å². The lowest BCUT2D eigenvalue weighted by atomic mass is 10.1. The number of anilines is 2. The van der Waals surface area contributed by atoms with E-state index < -0.39 is 10.8 Å². The Morgan fingerprint density at radius 2 is 1.97 bits per heavy atom. The Balaban J connectivity index is 1.75. The molecule has 0 aliphatic carbocycles. The van der Waals surface area contributed by atoms with Crippen LogP contribution in [0.3, 0.4) is 0 Å². The summed E-state index contributed by atoms with van der Waals surface area (Å²) in [6, 6.07) is 9.33. The largest absolute Gasteiger partial charge is 0.497 e. The Morgan fingerprint density at radius 1 is 1.21 bits per heavy atom. The SMILES string of the molecule is COc1ccc(N2C[C@@H](C(=O)Nc3ccc([N+](=O)[O-])cc3C)CC2=O)c(OC)c1. The van der Waals surface area contributed by atoms with Gasteiger partial charge in [-0.15, -0.1) is 0 Å². The lowest BCUT2D eigenvalue weighted by Crippen LogP contribution is -2.28. The lowest BCUT2D eigenvalue weighted by Gasteiger charge is -2.20. The summed E-state index contributed by atoms with van der Waals surface area (Å²) >= 11 is 0. The van der Waals surface area contributed by atoms with Crippen LogP contribution < -0.4 is 19.7 Å². The average molecular weight is 399 g/mol. The fraction of sp³-hybridized carbons (Fsp3) is 0.300. The number of carbonyl (C=O) groups is 2. The minimum absolute atomic E-state index is 0.0469. The van der Waals surface area contributed by atoms with Gasteiger partial charge in [-0.25, -0.2) is 0 Å². The number of benzene rings is 2. The highest BCUT2D eigenvalue weighted by molar-refractivity contribution is 6.04. The summed E-state index contributed by atoms with van der Waals surface area (Å²) in [5.74, 6) is 0.0216. The molecule has 1 heterocycles. The van der Waals surface area contributed by atoms with E-state index in [9.17, 15) is 19.7 Å². The van der Waals surface area contributed by atoms with Gasteiger partial charge in [0.1, 0.15) is 11.5 Å². The van der Waals surface area contributed by atoms with Crippen LogP contribution in [0, 0.1) is 23.0 Å². The van der Waals surface area contributed by atoms with Gasteiger partial charge in [-0.05, 0) is 30.7 Å². The fourth-order valence-electron chi connectivity index (χ4n) is 3.26. The van der Waals surface area contributed by atoms with Gasteiger partial charge >= 0.3 is 0 Å². The van der Waals surface area contributed by atoms with Crippen LogP contribution in [0.2, 0.25) is 0 Å². The molecule has 0 bridgehead atoms. The summed E-state index contributed by atoms with van der Waals surface area (Å²) in [5, 5.41) is 13.6. The first-order valence-electron chi connectivity index (χ1n) is 8.92. The maximum Gasteiger partial charge on any atom is 0.269 e. The van der Waals surface area contributed by atoms with Gasteiger partial charge in [0.25, 0.3) is 5.69 Å². The Bertz CT molecular complexity index is 975.